The molecule has 3 N–H and O–H groups in total. The molecule has 1 amide bonds. The summed E-state index contributed by atoms with van der Waals surface area (Å²) in [6.45, 7) is 3.05. The molecule has 3 rings (SSSR count). The van der Waals surface area contributed by atoms with Gasteiger partial charge in [0.05, 0.1) is 12.2 Å². The number of carbonyl (C=O) groups excluding carboxylic acids is 1. The third-order valence-corrected chi connectivity index (χ3v) is 5.53. The van der Waals surface area contributed by atoms with Crippen LogP contribution in [0.4, 0.5) is 5.82 Å². The number of carbonyl (C=O) groups is 1. The van der Waals surface area contributed by atoms with Crippen LogP contribution in [-0.4, -0.2) is 60.5 Å². The van der Waals surface area contributed by atoms with Crippen molar-refractivity contribution in [2.75, 3.05) is 39.0 Å². The Labute approximate surface area is 162 Å². The Morgan fingerprint density at radius 1 is 1.22 bits per heavy atom. The van der Waals surface area contributed by atoms with Crippen molar-refractivity contribution >= 4 is 11.7 Å². The fourth-order valence-corrected chi connectivity index (χ4v) is 4.08. The molecule has 0 spiro atoms. The van der Waals surface area contributed by atoms with Crippen LogP contribution in [0.1, 0.15) is 62.4 Å². The molecule has 0 radical (unpaired) electrons. The van der Waals surface area contributed by atoms with Crippen LogP contribution in [-0.2, 0) is 11.3 Å². The molecule has 0 aromatic carbocycles. The summed E-state index contributed by atoms with van der Waals surface area (Å²) in [4.78, 5) is 23.8. The Balaban J connectivity index is 1.57. The predicted octanol–water partition coefficient (Wildman–Crippen LogP) is 1.87. The summed E-state index contributed by atoms with van der Waals surface area (Å²) in [5, 5.41) is 9.77. The van der Waals surface area contributed by atoms with Crippen molar-refractivity contribution < 1.29 is 4.79 Å². The number of aromatic nitrogens is 2. The number of likely N-dealkylation sites (N-methyl/N-ethyl adjacent to an activating group) is 1. The van der Waals surface area contributed by atoms with Crippen LogP contribution in [0, 0.1) is 0 Å². The van der Waals surface area contributed by atoms with E-state index in [-0.39, 0.29) is 5.91 Å². The zero-order valence-electron chi connectivity index (χ0n) is 16.8. The third kappa shape index (κ3) is 6.14. The molecule has 0 bridgehead atoms. The zero-order chi connectivity index (χ0) is 19.1. The van der Waals surface area contributed by atoms with Crippen LogP contribution in [0.3, 0.4) is 0 Å². The number of hydrogen-bond donors (Lipinski definition) is 3. The van der Waals surface area contributed by atoms with E-state index < -0.39 is 0 Å². The minimum atomic E-state index is 0.115. The second-order valence-electron chi connectivity index (χ2n) is 7.97. The monoisotopic (exact) mass is 374 g/mol. The van der Waals surface area contributed by atoms with Gasteiger partial charge in [-0.15, -0.1) is 0 Å². The van der Waals surface area contributed by atoms with Crippen molar-refractivity contribution in [3.8, 4) is 0 Å². The Morgan fingerprint density at radius 2 is 2.04 bits per heavy atom. The standard InChI is InChI=1S/C20H34N6O/c1-21-18-11-17(24-20(25-18)15-7-6-10-22-12-15)13-26(2)14-19(27)23-16-8-4-3-5-9-16/h11,15-16,22H,3-10,12-14H2,1-2H3,(H,23,27)(H,21,24,25). The van der Waals surface area contributed by atoms with E-state index in [1.165, 1.54) is 19.3 Å². The summed E-state index contributed by atoms with van der Waals surface area (Å²) < 4.78 is 0. The van der Waals surface area contributed by atoms with Gasteiger partial charge < -0.3 is 16.0 Å². The summed E-state index contributed by atoms with van der Waals surface area (Å²) >= 11 is 0. The molecule has 1 saturated heterocycles. The molecule has 1 aromatic rings. The highest BCUT2D eigenvalue weighted by Crippen LogP contribution is 2.22. The number of piperidine rings is 1. The van der Waals surface area contributed by atoms with Gasteiger partial charge in [0.25, 0.3) is 0 Å². The largest absolute Gasteiger partial charge is 0.373 e. The summed E-state index contributed by atoms with van der Waals surface area (Å²) in [6.07, 6.45) is 8.28. The van der Waals surface area contributed by atoms with Gasteiger partial charge in [0.1, 0.15) is 11.6 Å². The van der Waals surface area contributed by atoms with Gasteiger partial charge in [0.15, 0.2) is 0 Å². The fourth-order valence-electron chi connectivity index (χ4n) is 4.08. The van der Waals surface area contributed by atoms with E-state index in [4.69, 9.17) is 4.98 Å². The van der Waals surface area contributed by atoms with Crippen molar-refractivity contribution in [2.24, 2.45) is 0 Å². The number of anilines is 1. The van der Waals surface area contributed by atoms with Crippen LogP contribution in [0.15, 0.2) is 6.07 Å². The third-order valence-electron chi connectivity index (χ3n) is 5.53. The van der Waals surface area contributed by atoms with Crippen LogP contribution < -0.4 is 16.0 Å². The average molecular weight is 375 g/mol. The second-order valence-corrected chi connectivity index (χ2v) is 7.97. The van der Waals surface area contributed by atoms with Gasteiger partial charge in [-0.1, -0.05) is 19.3 Å². The lowest BCUT2D eigenvalue weighted by molar-refractivity contribution is -0.123. The first kappa shape index (κ1) is 20.0. The average Bonchev–Trinajstić information content (AvgIpc) is 2.69. The van der Waals surface area contributed by atoms with E-state index in [1.807, 2.05) is 25.1 Å². The van der Waals surface area contributed by atoms with Crippen molar-refractivity contribution in [1.82, 2.24) is 25.5 Å². The molecule has 27 heavy (non-hydrogen) atoms. The highest BCUT2D eigenvalue weighted by Gasteiger charge is 2.20. The van der Waals surface area contributed by atoms with Crippen LogP contribution in [0.5, 0.6) is 0 Å². The molecular weight excluding hydrogens is 340 g/mol. The summed E-state index contributed by atoms with van der Waals surface area (Å²) in [7, 11) is 3.86. The normalized spacial score (nSPS) is 21.2. The van der Waals surface area contributed by atoms with E-state index in [2.05, 4.69) is 20.9 Å². The Hall–Kier alpha value is -1.73. The number of amides is 1. The number of nitrogens with one attached hydrogen (secondary N) is 3. The molecule has 1 aliphatic carbocycles. The van der Waals surface area contributed by atoms with Crippen LogP contribution >= 0.6 is 0 Å². The summed E-state index contributed by atoms with van der Waals surface area (Å²) in [5.74, 6) is 2.24. The van der Waals surface area contributed by atoms with E-state index >= 15 is 0 Å². The highest BCUT2D eigenvalue weighted by molar-refractivity contribution is 5.78. The van der Waals surface area contributed by atoms with Crippen LogP contribution in [0.25, 0.3) is 0 Å². The van der Waals surface area contributed by atoms with Gasteiger partial charge in [-0.2, -0.15) is 0 Å². The van der Waals surface area contributed by atoms with Gasteiger partial charge >= 0.3 is 0 Å². The van der Waals surface area contributed by atoms with E-state index in [1.54, 1.807) is 0 Å². The molecule has 150 valence electrons. The predicted molar refractivity (Wildman–Crippen MR) is 108 cm³/mol. The highest BCUT2D eigenvalue weighted by atomic mass is 16.2. The van der Waals surface area contributed by atoms with Crippen molar-refractivity contribution in [1.29, 1.82) is 0 Å². The van der Waals surface area contributed by atoms with Gasteiger partial charge in [0.2, 0.25) is 5.91 Å². The number of hydrogen-bond acceptors (Lipinski definition) is 6. The molecule has 2 aliphatic rings. The molecule has 7 heteroatoms. The molecule has 1 atom stereocenters. The molecule has 1 unspecified atom stereocenters. The lowest BCUT2D eigenvalue weighted by atomic mass is 9.95. The minimum absolute atomic E-state index is 0.115. The molecule has 2 fully saturated rings. The molecule has 1 aliphatic heterocycles. The topological polar surface area (TPSA) is 82.2 Å². The van der Waals surface area contributed by atoms with Crippen molar-refractivity contribution in [3.05, 3.63) is 17.6 Å². The lowest BCUT2D eigenvalue weighted by Gasteiger charge is -2.25. The molecular formula is C20H34N6O. The van der Waals surface area contributed by atoms with Crippen LogP contribution in [0.2, 0.25) is 0 Å². The Morgan fingerprint density at radius 3 is 2.74 bits per heavy atom. The summed E-state index contributed by atoms with van der Waals surface area (Å²) in [5.41, 5.74) is 0.961. The van der Waals surface area contributed by atoms with E-state index in [0.717, 1.165) is 56.1 Å². The maximum Gasteiger partial charge on any atom is 0.234 e. The first-order valence-electron chi connectivity index (χ1n) is 10.4. The fraction of sp³-hybridized carbons (Fsp3) is 0.750. The first-order valence-corrected chi connectivity index (χ1v) is 10.4. The van der Waals surface area contributed by atoms with E-state index in [9.17, 15) is 4.79 Å². The molecule has 1 saturated carbocycles. The molecule has 7 nitrogen and oxygen atoms in total. The van der Waals surface area contributed by atoms with Crippen molar-refractivity contribution in [2.45, 2.75) is 63.5 Å². The van der Waals surface area contributed by atoms with Gasteiger partial charge in [-0.05, 0) is 39.3 Å². The maximum absolute atomic E-state index is 12.3. The van der Waals surface area contributed by atoms with Gasteiger partial charge in [0, 0.05) is 38.2 Å². The minimum Gasteiger partial charge on any atom is -0.373 e. The van der Waals surface area contributed by atoms with Gasteiger partial charge in [-0.25, -0.2) is 9.97 Å². The smallest absolute Gasteiger partial charge is 0.234 e. The lowest BCUT2D eigenvalue weighted by Crippen LogP contribution is -2.41. The Bertz CT molecular complexity index is 610. The van der Waals surface area contributed by atoms with E-state index in [0.29, 0.717) is 25.0 Å². The SMILES string of the molecule is CNc1cc(CN(C)CC(=O)NC2CCCCC2)nc(C2CCCNC2)n1. The van der Waals surface area contributed by atoms with Crippen molar-refractivity contribution in [3.63, 3.8) is 0 Å². The molecule has 2 heterocycles. The maximum atomic E-state index is 12.3. The van der Waals surface area contributed by atoms with Gasteiger partial charge in [-0.3, -0.25) is 9.69 Å². The number of nitrogens with zero attached hydrogens (tertiary/aromatic N) is 3. The quantitative estimate of drug-likeness (QED) is 0.676. The number of rotatable bonds is 7. The summed E-state index contributed by atoms with van der Waals surface area (Å²) in [6, 6.07) is 2.34. The Kier molecular flexibility index (Phi) is 7.41. The second kappa shape index (κ2) is 9.99. The zero-order valence-corrected chi connectivity index (χ0v) is 16.8. The molecule has 1 aromatic heterocycles. The first-order chi connectivity index (χ1) is 13.1.